The molecule has 0 unspecified atom stereocenters. The second kappa shape index (κ2) is 8.49. The smallest absolute Gasteiger partial charge is 0.224 e. The SMILES string of the molecule is CCCC(=O)Nc1ccc(C(=O)CSc2nnc(C3CC3)n2CC)cc1. The van der Waals surface area contributed by atoms with E-state index >= 15 is 0 Å². The molecule has 0 saturated heterocycles. The van der Waals surface area contributed by atoms with Gasteiger partial charge in [0.1, 0.15) is 5.82 Å². The summed E-state index contributed by atoms with van der Waals surface area (Å²) in [6.45, 7) is 4.86. The lowest BCUT2D eigenvalue weighted by Gasteiger charge is -2.07. The number of carbonyl (C=O) groups excluding carboxylic acids is 2. The monoisotopic (exact) mass is 372 g/mol. The van der Waals surface area contributed by atoms with Gasteiger partial charge in [-0.25, -0.2) is 0 Å². The van der Waals surface area contributed by atoms with E-state index in [1.165, 1.54) is 24.6 Å². The molecule has 6 nitrogen and oxygen atoms in total. The third-order valence-electron chi connectivity index (χ3n) is 4.30. The van der Waals surface area contributed by atoms with Gasteiger partial charge in [0.25, 0.3) is 0 Å². The van der Waals surface area contributed by atoms with Crippen molar-refractivity contribution in [2.24, 2.45) is 0 Å². The largest absolute Gasteiger partial charge is 0.326 e. The lowest BCUT2D eigenvalue weighted by Crippen LogP contribution is -2.11. The van der Waals surface area contributed by atoms with Crippen LogP contribution in [-0.4, -0.2) is 32.2 Å². The maximum absolute atomic E-state index is 12.4. The van der Waals surface area contributed by atoms with Crippen molar-refractivity contribution in [3.63, 3.8) is 0 Å². The first kappa shape index (κ1) is 18.6. The van der Waals surface area contributed by atoms with Gasteiger partial charge in [0.05, 0.1) is 5.75 Å². The quantitative estimate of drug-likeness (QED) is 0.534. The molecular weight excluding hydrogens is 348 g/mol. The molecule has 1 aromatic carbocycles. The Morgan fingerprint density at radius 2 is 1.92 bits per heavy atom. The van der Waals surface area contributed by atoms with Crippen LogP contribution in [0.5, 0.6) is 0 Å². The molecule has 1 fully saturated rings. The molecule has 1 amide bonds. The van der Waals surface area contributed by atoms with Gasteiger partial charge in [-0.3, -0.25) is 9.59 Å². The first-order chi connectivity index (χ1) is 12.6. The number of hydrogen-bond donors (Lipinski definition) is 1. The van der Waals surface area contributed by atoms with Crippen LogP contribution in [0.3, 0.4) is 0 Å². The number of hydrogen-bond acceptors (Lipinski definition) is 5. The zero-order valence-electron chi connectivity index (χ0n) is 15.2. The average molecular weight is 372 g/mol. The van der Waals surface area contributed by atoms with Gasteiger partial charge >= 0.3 is 0 Å². The van der Waals surface area contributed by atoms with Crippen LogP contribution in [0.25, 0.3) is 0 Å². The van der Waals surface area contributed by atoms with Gasteiger partial charge in [-0.15, -0.1) is 10.2 Å². The number of amides is 1. The number of anilines is 1. The molecule has 0 spiro atoms. The molecule has 0 atom stereocenters. The maximum atomic E-state index is 12.4. The molecule has 7 heteroatoms. The van der Waals surface area contributed by atoms with Gasteiger partial charge in [-0.1, -0.05) is 18.7 Å². The Labute approximate surface area is 157 Å². The van der Waals surface area contributed by atoms with Crippen molar-refractivity contribution < 1.29 is 9.59 Å². The second-order valence-electron chi connectivity index (χ2n) is 6.45. The van der Waals surface area contributed by atoms with E-state index in [2.05, 4.69) is 27.0 Å². The summed E-state index contributed by atoms with van der Waals surface area (Å²) >= 11 is 1.43. The number of benzene rings is 1. The minimum Gasteiger partial charge on any atom is -0.326 e. The minimum atomic E-state index is -0.00694. The molecule has 1 heterocycles. The first-order valence-electron chi connectivity index (χ1n) is 9.11. The molecule has 1 aliphatic rings. The lowest BCUT2D eigenvalue weighted by molar-refractivity contribution is -0.116. The van der Waals surface area contributed by atoms with E-state index < -0.39 is 0 Å². The fourth-order valence-electron chi connectivity index (χ4n) is 2.75. The summed E-state index contributed by atoms with van der Waals surface area (Å²) in [4.78, 5) is 24.0. The first-order valence-corrected chi connectivity index (χ1v) is 10.1. The number of nitrogens with one attached hydrogen (secondary N) is 1. The average Bonchev–Trinajstić information content (AvgIpc) is 3.40. The van der Waals surface area contributed by atoms with Crippen LogP contribution >= 0.6 is 11.8 Å². The molecule has 2 aromatic rings. The summed E-state index contributed by atoms with van der Waals surface area (Å²) in [5.74, 6) is 1.95. The molecule has 0 bridgehead atoms. The molecule has 3 rings (SSSR count). The van der Waals surface area contributed by atoms with Crippen LogP contribution in [0, 0.1) is 0 Å². The van der Waals surface area contributed by atoms with E-state index in [1.807, 2.05) is 6.92 Å². The highest BCUT2D eigenvalue weighted by atomic mass is 32.2. The highest BCUT2D eigenvalue weighted by Crippen LogP contribution is 2.40. The van der Waals surface area contributed by atoms with Crippen molar-refractivity contribution in [2.45, 2.75) is 57.1 Å². The highest BCUT2D eigenvalue weighted by Gasteiger charge is 2.30. The standard InChI is InChI=1S/C19H24N4O2S/c1-3-5-17(25)20-15-10-8-13(9-11-15)16(24)12-26-19-22-21-18(14-6-7-14)23(19)4-2/h8-11,14H,3-7,12H2,1-2H3,(H,20,25). The Hall–Kier alpha value is -2.15. The molecule has 138 valence electrons. The fraction of sp³-hybridized carbons (Fsp3) is 0.474. The Morgan fingerprint density at radius 1 is 1.19 bits per heavy atom. The van der Waals surface area contributed by atoms with Crippen molar-refractivity contribution in [1.82, 2.24) is 14.8 Å². The summed E-state index contributed by atoms with van der Waals surface area (Å²) in [6.07, 6.45) is 3.68. The molecule has 1 aliphatic carbocycles. The Bertz CT molecular complexity index is 781. The molecule has 0 aliphatic heterocycles. The van der Waals surface area contributed by atoms with Crippen molar-refractivity contribution >= 4 is 29.1 Å². The third-order valence-corrected chi connectivity index (χ3v) is 5.27. The topological polar surface area (TPSA) is 76.9 Å². The van der Waals surface area contributed by atoms with E-state index in [1.54, 1.807) is 24.3 Å². The number of ketones is 1. The van der Waals surface area contributed by atoms with Gasteiger partial charge in [0.2, 0.25) is 5.91 Å². The minimum absolute atomic E-state index is 0.00694. The summed E-state index contributed by atoms with van der Waals surface area (Å²) < 4.78 is 2.11. The maximum Gasteiger partial charge on any atom is 0.224 e. The molecule has 26 heavy (non-hydrogen) atoms. The van der Waals surface area contributed by atoms with Crippen molar-refractivity contribution in [3.05, 3.63) is 35.7 Å². The van der Waals surface area contributed by atoms with Crippen LogP contribution in [0.4, 0.5) is 5.69 Å². The highest BCUT2D eigenvalue weighted by molar-refractivity contribution is 7.99. The van der Waals surface area contributed by atoms with Gasteiger partial charge < -0.3 is 9.88 Å². The number of rotatable bonds is 9. The van der Waals surface area contributed by atoms with Crippen molar-refractivity contribution in [2.75, 3.05) is 11.1 Å². The van der Waals surface area contributed by atoms with Crippen LogP contribution in [0.15, 0.2) is 29.4 Å². The molecule has 1 N–H and O–H groups in total. The Kier molecular flexibility index (Phi) is 6.08. The van der Waals surface area contributed by atoms with Crippen LogP contribution in [0.2, 0.25) is 0 Å². The van der Waals surface area contributed by atoms with E-state index in [0.29, 0.717) is 29.3 Å². The van der Waals surface area contributed by atoms with E-state index in [0.717, 1.165) is 23.9 Å². The molecule has 1 saturated carbocycles. The summed E-state index contributed by atoms with van der Waals surface area (Å²) in [5.41, 5.74) is 1.35. The number of nitrogens with zero attached hydrogens (tertiary/aromatic N) is 3. The van der Waals surface area contributed by atoms with Crippen LogP contribution in [0.1, 0.15) is 61.6 Å². The van der Waals surface area contributed by atoms with E-state index in [-0.39, 0.29) is 11.7 Å². The molecule has 1 aromatic heterocycles. The van der Waals surface area contributed by atoms with Gasteiger partial charge in [0.15, 0.2) is 10.9 Å². The van der Waals surface area contributed by atoms with Gasteiger partial charge in [-0.2, -0.15) is 0 Å². The number of thioether (sulfide) groups is 1. The predicted molar refractivity (Wildman–Crippen MR) is 103 cm³/mol. The van der Waals surface area contributed by atoms with Crippen molar-refractivity contribution in [3.8, 4) is 0 Å². The zero-order valence-corrected chi connectivity index (χ0v) is 16.0. The Morgan fingerprint density at radius 3 is 2.54 bits per heavy atom. The van der Waals surface area contributed by atoms with Gasteiger partial charge in [0, 0.05) is 30.1 Å². The van der Waals surface area contributed by atoms with Crippen molar-refractivity contribution in [1.29, 1.82) is 0 Å². The summed E-state index contributed by atoms with van der Waals surface area (Å²) in [5, 5.41) is 12.2. The van der Waals surface area contributed by atoms with Gasteiger partial charge in [-0.05, 0) is 50.5 Å². The van der Waals surface area contributed by atoms with E-state index in [9.17, 15) is 9.59 Å². The van der Waals surface area contributed by atoms with Crippen LogP contribution in [-0.2, 0) is 11.3 Å². The summed E-state index contributed by atoms with van der Waals surface area (Å²) in [7, 11) is 0. The lowest BCUT2D eigenvalue weighted by atomic mass is 10.1. The third kappa shape index (κ3) is 4.52. The normalized spacial score (nSPS) is 13.6. The second-order valence-corrected chi connectivity index (χ2v) is 7.39. The summed E-state index contributed by atoms with van der Waals surface area (Å²) in [6, 6.07) is 7.05. The molecular formula is C19H24N4O2S. The number of aromatic nitrogens is 3. The van der Waals surface area contributed by atoms with E-state index in [4.69, 9.17) is 0 Å². The van der Waals surface area contributed by atoms with Crippen LogP contribution < -0.4 is 5.32 Å². The number of Topliss-reactive ketones (excluding diaryl/α,β-unsaturated/α-hetero) is 1. The fourth-order valence-corrected chi connectivity index (χ4v) is 3.65. The zero-order chi connectivity index (χ0) is 18.5. The molecule has 0 radical (unpaired) electrons. The predicted octanol–water partition coefficient (Wildman–Crippen LogP) is 3.89. The number of carbonyl (C=O) groups is 2. The Balaban J connectivity index is 1.57.